The molecular weight excluding hydrogens is 262 g/mol. The van der Waals surface area contributed by atoms with Gasteiger partial charge in [-0.25, -0.2) is 8.42 Å². The quantitative estimate of drug-likeness (QED) is 0.803. The molecule has 0 fully saturated rings. The highest BCUT2D eigenvalue weighted by Crippen LogP contribution is 2.10. The Morgan fingerprint density at radius 1 is 1.21 bits per heavy atom. The van der Waals surface area contributed by atoms with Crippen LogP contribution in [0.1, 0.15) is 35.7 Å². The van der Waals surface area contributed by atoms with Crippen LogP contribution in [0.5, 0.6) is 0 Å². The van der Waals surface area contributed by atoms with Gasteiger partial charge in [0.2, 0.25) is 0 Å². The Labute approximate surface area is 115 Å². The van der Waals surface area contributed by atoms with Crippen LogP contribution < -0.4 is 0 Å². The molecule has 0 spiro atoms. The molecule has 19 heavy (non-hydrogen) atoms. The summed E-state index contributed by atoms with van der Waals surface area (Å²) in [5.74, 6) is -0.0213. The molecule has 0 bridgehead atoms. The van der Waals surface area contributed by atoms with Gasteiger partial charge in [0.05, 0.1) is 5.75 Å². The van der Waals surface area contributed by atoms with Gasteiger partial charge < -0.3 is 4.90 Å². The Morgan fingerprint density at radius 3 is 2.26 bits per heavy atom. The fraction of sp³-hybridized carbons (Fsp3) is 0.500. The van der Waals surface area contributed by atoms with E-state index in [4.69, 9.17) is 0 Å². The third kappa shape index (κ3) is 5.42. The van der Waals surface area contributed by atoms with Crippen molar-refractivity contribution in [3.63, 3.8) is 0 Å². The molecule has 0 aliphatic carbocycles. The number of nitrogens with zero attached hydrogens (tertiary/aromatic N) is 1. The van der Waals surface area contributed by atoms with Gasteiger partial charge in [0, 0.05) is 25.4 Å². The van der Waals surface area contributed by atoms with E-state index in [9.17, 15) is 13.2 Å². The molecule has 106 valence electrons. The number of amides is 1. The van der Waals surface area contributed by atoms with Crippen LogP contribution in [0.2, 0.25) is 0 Å². The van der Waals surface area contributed by atoms with Gasteiger partial charge in [0.15, 0.2) is 9.84 Å². The van der Waals surface area contributed by atoms with Crippen molar-refractivity contribution in [1.29, 1.82) is 0 Å². The second-order valence-corrected chi connectivity index (χ2v) is 6.99. The summed E-state index contributed by atoms with van der Waals surface area (Å²) in [5.41, 5.74) is 1.30. The molecule has 0 radical (unpaired) electrons. The van der Waals surface area contributed by atoms with E-state index >= 15 is 0 Å². The summed E-state index contributed by atoms with van der Waals surface area (Å²) in [6, 6.07) is 6.76. The lowest BCUT2D eigenvalue weighted by atomic mass is 10.1. The van der Waals surface area contributed by atoms with E-state index in [2.05, 4.69) is 6.92 Å². The van der Waals surface area contributed by atoms with Crippen molar-refractivity contribution < 1.29 is 13.2 Å². The predicted octanol–water partition coefficient (Wildman–Crippen LogP) is 2.10. The van der Waals surface area contributed by atoms with Crippen molar-refractivity contribution in [2.45, 2.75) is 25.5 Å². The molecular formula is C14H21NO3S. The summed E-state index contributed by atoms with van der Waals surface area (Å²) in [7, 11) is -1.25. The molecule has 0 saturated heterocycles. The lowest BCUT2D eigenvalue weighted by molar-refractivity contribution is 0.0793. The number of hydrogen-bond donors (Lipinski definition) is 0. The van der Waals surface area contributed by atoms with Crippen molar-refractivity contribution in [3.8, 4) is 0 Å². The molecule has 1 aromatic rings. The van der Waals surface area contributed by atoms with Crippen LogP contribution in [0.4, 0.5) is 0 Å². The molecule has 0 unspecified atom stereocenters. The zero-order chi connectivity index (χ0) is 14.5. The topological polar surface area (TPSA) is 54.5 Å². The Balaban J connectivity index is 2.73. The number of rotatable bonds is 6. The molecule has 1 amide bonds. The largest absolute Gasteiger partial charge is 0.342 e. The molecule has 0 aliphatic heterocycles. The maximum atomic E-state index is 12.1. The summed E-state index contributed by atoms with van der Waals surface area (Å²) in [6.45, 7) is 2.82. The number of carbonyl (C=O) groups excluding carboxylic acids is 1. The Bertz CT molecular complexity index is 520. The van der Waals surface area contributed by atoms with Gasteiger partial charge in [0.1, 0.15) is 0 Å². The average molecular weight is 283 g/mol. The van der Waals surface area contributed by atoms with Crippen LogP contribution >= 0.6 is 0 Å². The van der Waals surface area contributed by atoms with E-state index in [-0.39, 0.29) is 11.7 Å². The number of unbranched alkanes of at least 4 members (excludes halogenated alkanes) is 1. The zero-order valence-corrected chi connectivity index (χ0v) is 12.5. The highest BCUT2D eigenvalue weighted by Gasteiger charge is 2.11. The summed E-state index contributed by atoms with van der Waals surface area (Å²) in [6.07, 6.45) is 3.23. The van der Waals surface area contributed by atoms with Crippen LogP contribution in [-0.4, -0.2) is 39.1 Å². The van der Waals surface area contributed by atoms with Gasteiger partial charge in [-0.05, 0) is 24.1 Å². The van der Waals surface area contributed by atoms with Crippen molar-refractivity contribution >= 4 is 15.7 Å². The van der Waals surface area contributed by atoms with Crippen molar-refractivity contribution in [2.24, 2.45) is 0 Å². The maximum absolute atomic E-state index is 12.1. The monoisotopic (exact) mass is 283 g/mol. The molecule has 0 heterocycles. The SMILES string of the molecule is CCCCN(C)C(=O)c1ccc(CS(C)(=O)=O)cc1. The van der Waals surface area contributed by atoms with Crippen molar-refractivity contribution in [2.75, 3.05) is 19.8 Å². The highest BCUT2D eigenvalue weighted by atomic mass is 32.2. The van der Waals surface area contributed by atoms with Crippen molar-refractivity contribution in [3.05, 3.63) is 35.4 Å². The van der Waals surface area contributed by atoms with Gasteiger partial charge in [0.25, 0.3) is 5.91 Å². The fourth-order valence-electron chi connectivity index (χ4n) is 1.76. The lowest BCUT2D eigenvalue weighted by Crippen LogP contribution is -2.27. The number of hydrogen-bond acceptors (Lipinski definition) is 3. The van der Waals surface area contributed by atoms with Gasteiger partial charge in [-0.3, -0.25) is 4.79 Å². The normalized spacial score (nSPS) is 11.3. The summed E-state index contributed by atoms with van der Waals surface area (Å²) in [5, 5.41) is 0. The number of sulfone groups is 1. The Kier molecular flexibility index (Phi) is 5.54. The van der Waals surface area contributed by atoms with E-state index in [0.29, 0.717) is 11.1 Å². The van der Waals surface area contributed by atoms with E-state index < -0.39 is 9.84 Å². The predicted molar refractivity (Wildman–Crippen MR) is 76.9 cm³/mol. The van der Waals surface area contributed by atoms with E-state index in [1.165, 1.54) is 6.26 Å². The van der Waals surface area contributed by atoms with Crippen LogP contribution in [-0.2, 0) is 15.6 Å². The molecule has 0 atom stereocenters. The Hall–Kier alpha value is -1.36. The average Bonchev–Trinajstić information content (AvgIpc) is 2.34. The second-order valence-electron chi connectivity index (χ2n) is 4.85. The molecule has 0 aliphatic rings. The maximum Gasteiger partial charge on any atom is 0.253 e. The summed E-state index contributed by atoms with van der Waals surface area (Å²) < 4.78 is 22.3. The number of benzene rings is 1. The van der Waals surface area contributed by atoms with Crippen LogP contribution in [0, 0.1) is 0 Å². The first-order valence-electron chi connectivity index (χ1n) is 6.35. The lowest BCUT2D eigenvalue weighted by Gasteiger charge is -2.16. The first kappa shape index (κ1) is 15.7. The van der Waals surface area contributed by atoms with Gasteiger partial charge in [-0.2, -0.15) is 0 Å². The Morgan fingerprint density at radius 2 is 1.79 bits per heavy atom. The molecule has 5 heteroatoms. The summed E-state index contributed by atoms with van der Waals surface area (Å²) >= 11 is 0. The molecule has 1 aromatic carbocycles. The van der Waals surface area contributed by atoms with Gasteiger partial charge >= 0.3 is 0 Å². The third-order valence-electron chi connectivity index (χ3n) is 2.82. The standard InChI is InChI=1S/C14H21NO3S/c1-4-5-10-15(2)14(16)13-8-6-12(7-9-13)11-19(3,17)18/h6-9H,4-5,10-11H2,1-3H3. The van der Waals surface area contributed by atoms with Gasteiger partial charge in [-0.15, -0.1) is 0 Å². The first-order chi connectivity index (χ1) is 8.83. The van der Waals surface area contributed by atoms with Crippen LogP contribution in [0.15, 0.2) is 24.3 Å². The molecule has 0 aromatic heterocycles. The van der Waals surface area contributed by atoms with Crippen molar-refractivity contribution in [1.82, 2.24) is 4.90 Å². The minimum absolute atomic E-state index is 0.00709. The highest BCUT2D eigenvalue weighted by molar-refractivity contribution is 7.89. The minimum atomic E-state index is -3.03. The van der Waals surface area contributed by atoms with E-state index in [1.807, 2.05) is 0 Å². The first-order valence-corrected chi connectivity index (χ1v) is 8.41. The zero-order valence-electron chi connectivity index (χ0n) is 11.7. The van der Waals surface area contributed by atoms with E-state index in [1.54, 1.807) is 36.2 Å². The molecule has 4 nitrogen and oxygen atoms in total. The molecule has 1 rings (SSSR count). The van der Waals surface area contributed by atoms with Gasteiger partial charge in [-0.1, -0.05) is 25.5 Å². The van der Waals surface area contributed by atoms with Crippen LogP contribution in [0.3, 0.4) is 0 Å². The molecule has 0 N–H and O–H groups in total. The van der Waals surface area contributed by atoms with Crippen LogP contribution in [0.25, 0.3) is 0 Å². The van der Waals surface area contributed by atoms with E-state index in [0.717, 1.165) is 19.4 Å². The number of carbonyl (C=O) groups is 1. The third-order valence-corrected chi connectivity index (χ3v) is 3.68. The summed E-state index contributed by atoms with van der Waals surface area (Å²) in [4.78, 5) is 13.7. The second kappa shape index (κ2) is 6.70. The smallest absolute Gasteiger partial charge is 0.253 e. The fourth-order valence-corrected chi connectivity index (χ4v) is 2.56. The molecule has 0 saturated carbocycles. The minimum Gasteiger partial charge on any atom is -0.342 e.